The number of nitrogens with zero attached hydrogens (tertiary/aromatic N) is 2. The van der Waals surface area contributed by atoms with Crippen molar-refractivity contribution in [1.29, 1.82) is 0 Å². The van der Waals surface area contributed by atoms with Crippen LogP contribution in [0.4, 0.5) is 0 Å². The normalized spacial score (nSPS) is 14.8. The summed E-state index contributed by atoms with van der Waals surface area (Å²) >= 11 is 0. The van der Waals surface area contributed by atoms with E-state index in [-0.39, 0.29) is 6.61 Å². The van der Waals surface area contributed by atoms with Crippen molar-refractivity contribution in [1.82, 2.24) is 9.88 Å². The highest BCUT2D eigenvalue weighted by Gasteiger charge is 2.22. The van der Waals surface area contributed by atoms with Gasteiger partial charge in [0, 0.05) is 31.2 Å². The third-order valence-corrected chi connectivity index (χ3v) is 7.04. The quantitative estimate of drug-likeness (QED) is 0.317. The summed E-state index contributed by atoms with van der Waals surface area (Å²) in [5.41, 5.74) is 5.79. The number of fused-ring (bicyclic) bond motifs is 1. The lowest BCUT2D eigenvalue weighted by atomic mass is 9.88. The van der Waals surface area contributed by atoms with E-state index in [0.29, 0.717) is 6.54 Å². The molecule has 0 amide bonds. The molecule has 0 spiro atoms. The van der Waals surface area contributed by atoms with Gasteiger partial charge < -0.3 is 19.3 Å². The van der Waals surface area contributed by atoms with E-state index in [1.807, 2.05) is 54.6 Å². The van der Waals surface area contributed by atoms with Crippen LogP contribution in [0.25, 0.3) is 16.5 Å². The van der Waals surface area contributed by atoms with E-state index in [0.717, 1.165) is 65.2 Å². The molecule has 0 aliphatic carbocycles. The number of aliphatic hydroxyl groups is 1. The highest BCUT2D eigenvalue weighted by Crippen LogP contribution is 2.35. The Kier molecular flexibility index (Phi) is 8.22. The Bertz CT molecular complexity index is 1350. The molecule has 6 nitrogen and oxygen atoms in total. The van der Waals surface area contributed by atoms with Crippen LogP contribution in [0.3, 0.4) is 0 Å². The van der Waals surface area contributed by atoms with Gasteiger partial charge in [-0.3, -0.25) is 9.88 Å². The van der Waals surface area contributed by atoms with Gasteiger partial charge in [-0.2, -0.15) is 0 Å². The average molecular weight is 511 g/mol. The molecule has 196 valence electrons. The third-order valence-electron chi connectivity index (χ3n) is 7.04. The molecular formula is C32H34N2O4. The highest BCUT2D eigenvalue weighted by molar-refractivity contribution is 5.85. The van der Waals surface area contributed by atoms with Crippen molar-refractivity contribution in [3.8, 4) is 17.2 Å². The van der Waals surface area contributed by atoms with Crippen molar-refractivity contribution in [2.75, 3.05) is 40.5 Å². The fourth-order valence-corrected chi connectivity index (χ4v) is 5.13. The van der Waals surface area contributed by atoms with Gasteiger partial charge in [0.25, 0.3) is 0 Å². The Labute approximate surface area is 224 Å². The molecule has 3 aromatic carbocycles. The second kappa shape index (κ2) is 12.1. The largest absolute Gasteiger partial charge is 0.497 e. The number of hydrogen-bond donors (Lipinski definition) is 1. The number of likely N-dealkylation sites (tertiary alicyclic amines) is 1. The maximum Gasteiger partial charge on any atom is 0.128 e. The summed E-state index contributed by atoms with van der Waals surface area (Å²) in [5.74, 6) is 2.43. The molecule has 1 saturated heterocycles. The van der Waals surface area contributed by atoms with E-state index >= 15 is 0 Å². The van der Waals surface area contributed by atoms with E-state index < -0.39 is 6.10 Å². The van der Waals surface area contributed by atoms with Crippen LogP contribution in [-0.2, 0) is 0 Å². The van der Waals surface area contributed by atoms with E-state index in [4.69, 9.17) is 14.2 Å². The summed E-state index contributed by atoms with van der Waals surface area (Å²) in [4.78, 5) is 6.69. The number of β-amino-alcohol motifs (C(OH)–C–C–N with tert-alkyl or cyclic N) is 1. The molecule has 4 aromatic rings. The van der Waals surface area contributed by atoms with Gasteiger partial charge in [-0.1, -0.05) is 35.9 Å². The Hall–Kier alpha value is -3.87. The number of rotatable bonds is 9. The monoisotopic (exact) mass is 510 g/mol. The van der Waals surface area contributed by atoms with Crippen LogP contribution in [-0.4, -0.2) is 61.6 Å². The van der Waals surface area contributed by atoms with E-state index in [1.165, 1.54) is 11.1 Å². The Morgan fingerprint density at radius 1 is 0.868 bits per heavy atom. The number of ether oxygens (including phenoxy) is 3. The summed E-state index contributed by atoms with van der Waals surface area (Å²) in [5, 5.41) is 11.7. The third kappa shape index (κ3) is 5.98. The zero-order valence-electron chi connectivity index (χ0n) is 22.0. The van der Waals surface area contributed by atoms with Crippen LogP contribution in [0.2, 0.25) is 0 Å². The van der Waals surface area contributed by atoms with Gasteiger partial charge in [-0.25, -0.2) is 0 Å². The predicted octanol–water partition coefficient (Wildman–Crippen LogP) is 5.59. The summed E-state index contributed by atoms with van der Waals surface area (Å²) in [6.07, 6.45) is 3.04. The number of benzene rings is 3. The maximum absolute atomic E-state index is 10.8. The van der Waals surface area contributed by atoms with Crippen molar-refractivity contribution in [3.05, 3.63) is 102 Å². The van der Waals surface area contributed by atoms with Crippen LogP contribution in [0, 0.1) is 0 Å². The number of piperidine rings is 1. The lowest BCUT2D eigenvalue weighted by Gasteiger charge is -2.31. The molecule has 6 heteroatoms. The Morgan fingerprint density at radius 3 is 2.18 bits per heavy atom. The topological polar surface area (TPSA) is 64.1 Å². The van der Waals surface area contributed by atoms with Gasteiger partial charge in [0.1, 0.15) is 30.0 Å². The number of methoxy groups -OCH3 is 2. The van der Waals surface area contributed by atoms with Crippen LogP contribution >= 0.6 is 0 Å². The molecule has 1 aliphatic heterocycles. The van der Waals surface area contributed by atoms with Crippen molar-refractivity contribution in [2.24, 2.45) is 0 Å². The van der Waals surface area contributed by atoms with Crippen molar-refractivity contribution < 1.29 is 19.3 Å². The summed E-state index contributed by atoms with van der Waals surface area (Å²) in [7, 11) is 3.39. The van der Waals surface area contributed by atoms with Gasteiger partial charge in [0.05, 0.1) is 19.7 Å². The summed E-state index contributed by atoms with van der Waals surface area (Å²) < 4.78 is 17.0. The maximum atomic E-state index is 10.8. The average Bonchev–Trinajstić information content (AvgIpc) is 2.97. The van der Waals surface area contributed by atoms with Crippen molar-refractivity contribution in [3.63, 3.8) is 0 Å². The lowest BCUT2D eigenvalue weighted by molar-refractivity contribution is 0.0661. The first-order chi connectivity index (χ1) is 18.6. The second-order valence-corrected chi connectivity index (χ2v) is 9.53. The van der Waals surface area contributed by atoms with E-state index in [1.54, 1.807) is 20.4 Å². The van der Waals surface area contributed by atoms with Crippen molar-refractivity contribution in [2.45, 2.75) is 18.9 Å². The number of aromatic nitrogens is 1. The standard InChI is InChI=1S/C32H34N2O4/c1-36-27-9-3-7-24(19-27)32(25-8-4-10-28(20-25)37-2)23-14-17-34(18-15-23)21-26(35)22-38-31-13-5-12-30-29(31)11-6-16-33-30/h3-13,16,19-20,26,35H,14-15,17-18,21-22H2,1-2H3. The first-order valence-corrected chi connectivity index (χ1v) is 13.0. The summed E-state index contributed by atoms with van der Waals surface area (Å²) in [6, 6.07) is 26.2. The Balaban J connectivity index is 1.27. The van der Waals surface area contributed by atoms with Gasteiger partial charge in [0.15, 0.2) is 0 Å². The minimum absolute atomic E-state index is 0.242. The SMILES string of the molecule is COc1cccc(C(=C2CCN(CC(O)COc3cccc4ncccc34)CC2)c2cccc(OC)c2)c1. The van der Waals surface area contributed by atoms with Crippen molar-refractivity contribution >= 4 is 16.5 Å². The van der Waals surface area contributed by atoms with E-state index in [9.17, 15) is 5.11 Å². The zero-order valence-corrected chi connectivity index (χ0v) is 22.0. The molecule has 5 rings (SSSR count). The van der Waals surface area contributed by atoms with Gasteiger partial charge in [0.2, 0.25) is 0 Å². The number of hydrogen-bond acceptors (Lipinski definition) is 6. The minimum Gasteiger partial charge on any atom is -0.497 e. The lowest BCUT2D eigenvalue weighted by Crippen LogP contribution is -2.39. The molecule has 1 aliphatic rings. The van der Waals surface area contributed by atoms with Gasteiger partial charge in [-0.05, 0) is 78.1 Å². The van der Waals surface area contributed by atoms with Gasteiger partial charge in [-0.15, -0.1) is 0 Å². The molecule has 38 heavy (non-hydrogen) atoms. The molecule has 2 heterocycles. The predicted molar refractivity (Wildman–Crippen MR) is 151 cm³/mol. The molecule has 0 bridgehead atoms. The molecule has 1 fully saturated rings. The first kappa shape index (κ1) is 25.8. The van der Waals surface area contributed by atoms with Crippen LogP contribution in [0.1, 0.15) is 24.0 Å². The minimum atomic E-state index is -0.580. The van der Waals surface area contributed by atoms with Crippen LogP contribution < -0.4 is 14.2 Å². The number of pyridine rings is 1. The first-order valence-electron chi connectivity index (χ1n) is 13.0. The molecule has 0 saturated carbocycles. The number of aliphatic hydroxyl groups excluding tert-OH is 1. The second-order valence-electron chi connectivity index (χ2n) is 9.53. The summed E-state index contributed by atoms with van der Waals surface area (Å²) in [6.45, 7) is 2.57. The fraction of sp³-hybridized carbons (Fsp3) is 0.281. The Morgan fingerprint density at radius 2 is 1.53 bits per heavy atom. The molecular weight excluding hydrogens is 476 g/mol. The van der Waals surface area contributed by atoms with Gasteiger partial charge >= 0.3 is 0 Å². The highest BCUT2D eigenvalue weighted by atomic mass is 16.5. The molecule has 1 aromatic heterocycles. The van der Waals surface area contributed by atoms with Crippen LogP contribution in [0.15, 0.2) is 90.6 Å². The smallest absolute Gasteiger partial charge is 0.128 e. The zero-order chi connectivity index (χ0) is 26.3. The molecule has 1 N–H and O–H groups in total. The fourth-order valence-electron chi connectivity index (χ4n) is 5.13. The molecule has 1 unspecified atom stereocenters. The van der Waals surface area contributed by atoms with E-state index in [2.05, 4.69) is 34.1 Å². The molecule has 1 atom stereocenters. The molecule has 0 radical (unpaired) electrons. The van der Waals surface area contributed by atoms with Crippen LogP contribution in [0.5, 0.6) is 17.2 Å².